The summed E-state index contributed by atoms with van der Waals surface area (Å²) in [6.45, 7) is 2.91. The lowest BCUT2D eigenvalue weighted by Crippen LogP contribution is -2.05. The van der Waals surface area contributed by atoms with Crippen LogP contribution in [0.25, 0.3) is 11.1 Å². The molecule has 0 bridgehead atoms. The Hall–Kier alpha value is -3.64. The highest BCUT2D eigenvalue weighted by atomic mass is 19.1. The van der Waals surface area contributed by atoms with Crippen molar-refractivity contribution in [3.63, 3.8) is 0 Å². The smallest absolute Gasteiger partial charge is 0.338 e. The number of aryl methyl sites for hydroxylation is 1. The molecule has 156 valence electrons. The molecule has 1 heterocycles. The Kier molecular flexibility index (Phi) is 5.73. The number of carbonyl (C=O) groups is 1. The third kappa shape index (κ3) is 4.15. The highest BCUT2D eigenvalue weighted by molar-refractivity contribution is 6.17. The normalized spacial score (nSPS) is 13.1. The van der Waals surface area contributed by atoms with Gasteiger partial charge in [-0.1, -0.05) is 42.5 Å². The SMILES string of the molecule is COCc1cc(C2=NC(c3ccc(C(=O)O)c(F)c3)=NC2)ccc1-c1ccccc1C. The van der Waals surface area contributed by atoms with Gasteiger partial charge in [0.05, 0.1) is 24.4 Å². The van der Waals surface area contributed by atoms with Crippen molar-refractivity contribution in [1.29, 1.82) is 0 Å². The van der Waals surface area contributed by atoms with Crippen molar-refractivity contribution in [2.75, 3.05) is 13.7 Å². The third-order valence-corrected chi connectivity index (χ3v) is 5.25. The Morgan fingerprint density at radius 3 is 2.55 bits per heavy atom. The van der Waals surface area contributed by atoms with Crippen LogP contribution in [0.15, 0.2) is 70.6 Å². The predicted octanol–water partition coefficient (Wildman–Crippen LogP) is 4.90. The number of aromatic carboxylic acids is 1. The van der Waals surface area contributed by atoms with Crippen LogP contribution in [0.4, 0.5) is 4.39 Å². The van der Waals surface area contributed by atoms with E-state index in [1.54, 1.807) is 7.11 Å². The van der Waals surface area contributed by atoms with Gasteiger partial charge in [0.15, 0.2) is 5.84 Å². The molecule has 3 aromatic rings. The number of rotatable bonds is 6. The molecule has 0 atom stereocenters. The van der Waals surface area contributed by atoms with Gasteiger partial charge in [-0.15, -0.1) is 0 Å². The lowest BCUT2D eigenvalue weighted by molar-refractivity contribution is 0.0692. The molecular formula is C25H21FN2O3. The van der Waals surface area contributed by atoms with E-state index in [2.05, 4.69) is 41.2 Å². The molecule has 0 saturated carbocycles. The predicted molar refractivity (Wildman–Crippen MR) is 119 cm³/mol. The summed E-state index contributed by atoms with van der Waals surface area (Å²) in [5, 5.41) is 9.00. The van der Waals surface area contributed by atoms with Crippen LogP contribution in [0.3, 0.4) is 0 Å². The molecule has 3 aromatic carbocycles. The number of hydrogen-bond acceptors (Lipinski definition) is 4. The summed E-state index contributed by atoms with van der Waals surface area (Å²) in [6.07, 6.45) is 0. The Morgan fingerprint density at radius 2 is 1.84 bits per heavy atom. The van der Waals surface area contributed by atoms with Crippen LogP contribution < -0.4 is 0 Å². The molecule has 0 saturated heterocycles. The summed E-state index contributed by atoms with van der Waals surface area (Å²) in [4.78, 5) is 20.0. The zero-order chi connectivity index (χ0) is 22.0. The fourth-order valence-electron chi connectivity index (χ4n) is 3.67. The van der Waals surface area contributed by atoms with Gasteiger partial charge >= 0.3 is 5.97 Å². The van der Waals surface area contributed by atoms with E-state index in [4.69, 9.17) is 9.84 Å². The minimum absolute atomic E-state index is 0.369. The van der Waals surface area contributed by atoms with E-state index in [9.17, 15) is 9.18 Å². The standard InChI is InChI=1S/C25H21FN2O3/c1-15-5-3-4-6-19(15)20-9-7-16(11-18(20)14-31-2)23-13-27-24(28-23)17-8-10-21(25(29)30)22(26)12-17/h3-12H,13-14H2,1-2H3,(H,29,30). The van der Waals surface area contributed by atoms with Gasteiger partial charge in [-0.3, -0.25) is 4.99 Å². The topological polar surface area (TPSA) is 71.2 Å². The van der Waals surface area contributed by atoms with Gasteiger partial charge in [-0.25, -0.2) is 14.2 Å². The summed E-state index contributed by atoms with van der Waals surface area (Å²) in [6, 6.07) is 18.2. The Balaban J connectivity index is 1.66. The van der Waals surface area contributed by atoms with Crippen LogP contribution in [-0.4, -0.2) is 36.3 Å². The van der Waals surface area contributed by atoms with Crippen molar-refractivity contribution in [2.45, 2.75) is 13.5 Å². The average molecular weight is 416 g/mol. The molecule has 0 aliphatic carbocycles. The summed E-state index contributed by atoms with van der Waals surface area (Å²) in [5.74, 6) is -1.72. The first-order chi connectivity index (χ1) is 15.0. The fraction of sp³-hybridized carbons (Fsp3) is 0.160. The molecule has 1 aliphatic heterocycles. The lowest BCUT2D eigenvalue weighted by atomic mass is 9.94. The molecule has 5 nitrogen and oxygen atoms in total. The molecular weight excluding hydrogens is 395 g/mol. The van der Waals surface area contributed by atoms with Crippen LogP contribution in [0.1, 0.15) is 32.6 Å². The maximum atomic E-state index is 14.1. The molecule has 1 aliphatic rings. The highest BCUT2D eigenvalue weighted by Gasteiger charge is 2.18. The summed E-state index contributed by atoms with van der Waals surface area (Å²) >= 11 is 0. The van der Waals surface area contributed by atoms with E-state index in [1.165, 1.54) is 17.7 Å². The van der Waals surface area contributed by atoms with Crippen molar-refractivity contribution < 1.29 is 19.0 Å². The summed E-state index contributed by atoms with van der Waals surface area (Å²) in [5.41, 5.74) is 6.26. The van der Waals surface area contributed by atoms with Gasteiger partial charge in [0, 0.05) is 12.7 Å². The van der Waals surface area contributed by atoms with E-state index in [0.717, 1.165) is 34.0 Å². The first kappa shape index (κ1) is 20.6. The maximum absolute atomic E-state index is 14.1. The molecule has 0 unspecified atom stereocenters. The fourth-order valence-corrected chi connectivity index (χ4v) is 3.67. The summed E-state index contributed by atoms with van der Waals surface area (Å²) in [7, 11) is 1.66. The molecule has 1 N–H and O–H groups in total. The van der Waals surface area contributed by atoms with Gasteiger partial charge in [0.25, 0.3) is 0 Å². The highest BCUT2D eigenvalue weighted by Crippen LogP contribution is 2.29. The number of ether oxygens (including phenoxy) is 1. The molecule has 4 rings (SSSR count). The van der Waals surface area contributed by atoms with Crippen molar-refractivity contribution >= 4 is 17.5 Å². The zero-order valence-corrected chi connectivity index (χ0v) is 17.2. The van der Waals surface area contributed by atoms with Gasteiger partial charge in [0.1, 0.15) is 5.82 Å². The van der Waals surface area contributed by atoms with Crippen molar-refractivity contribution in [2.24, 2.45) is 9.98 Å². The van der Waals surface area contributed by atoms with Crippen LogP contribution in [0, 0.1) is 12.7 Å². The molecule has 6 heteroatoms. The minimum Gasteiger partial charge on any atom is -0.478 e. The molecule has 0 amide bonds. The average Bonchev–Trinajstić information content (AvgIpc) is 3.24. The minimum atomic E-state index is -1.30. The number of nitrogens with zero attached hydrogens (tertiary/aromatic N) is 2. The number of benzene rings is 3. The maximum Gasteiger partial charge on any atom is 0.338 e. The number of aliphatic imine (C=N–C) groups is 2. The van der Waals surface area contributed by atoms with Crippen molar-refractivity contribution in [3.05, 3.63) is 94.3 Å². The molecule has 0 fully saturated rings. The quantitative estimate of drug-likeness (QED) is 0.622. The van der Waals surface area contributed by atoms with Crippen LogP contribution in [0.5, 0.6) is 0 Å². The van der Waals surface area contributed by atoms with E-state index < -0.39 is 11.8 Å². The Bertz CT molecular complexity index is 1230. The van der Waals surface area contributed by atoms with E-state index in [-0.39, 0.29) is 5.56 Å². The number of halogens is 1. The molecule has 0 radical (unpaired) electrons. The first-order valence-electron chi connectivity index (χ1n) is 9.81. The summed E-state index contributed by atoms with van der Waals surface area (Å²) < 4.78 is 19.5. The van der Waals surface area contributed by atoms with Crippen molar-refractivity contribution in [1.82, 2.24) is 0 Å². The number of carboxylic acid groups (broad SMARTS) is 1. The lowest BCUT2D eigenvalue weighted by Gasteiger charge is -2.13. The molecule has 0 aromatic heterocycles. The monoisotopic (exact) mass is 416 g/mol. The number of carboxylic acids is 1. The second-order valence-electron chi connectivity index (χ2n) is 7.32. The first-order valence-corrected chi connectivity index (χ1v) is 9.81. The van der Waals surface area contributed by atoms with E-state index >= 15 is 0 Å². The van der Waals surface area contributed by atoms with Gasteiger partial charge in [-0.05, 0) is 52.9 Å². The second kappa shape index (κ2) is 8.62. The van der Waals surface area contributed by atoms with Crippen LogP contribution >= 0.6 is 0 Å². The Morgan fingerprint density at radius 1 is 1.06 bits per heavy atom. The number of methoxy groups -OCH3 is 1. The number of amidine groups is 1. The van der Waals surface area contributed by atoms with Crippen LogP contribution in [0.2, 0.25) is 0 Å². The third-order valence-electron chi connectivity index (χ3n) is 5.25. The second-order valence-corrected chi connectivity index (χ2v) is 7.32. The van der Waals surface area contributed by atoms with Gasteiger partial charge < -0.3 is 9.84 Å². The largest absolute Gasteiger partial charge is 0.478 e. The van der Waals surface area contributed by atoms with Gasteiger partial charge in [0.2, 0.25) is 0 Å². The molecule has 31 heavy (non-hydrogen) atoms. The van der Waals surface area contributed by atoms with Gasteiger partial charge in [-0.2, -0.15) is 0 Å². The van der Waals surface area contributed by atoms with E-state index in [1.807, 2.05) is 18.2 Å². The number of hydrogen-bond donors (Lipinski definition) is 1. The van der Waals surface area contributed by atoms with Crippen molar-refractivity contribution in [3.8, 4) is 11.1 Å². The van der Waals surface area contributed by atoms with E-state index in [0.29, 0.717) is 24.6 Å². The zero-order valence-electron chi connectivity index (χ0n) is 17.2. The van der Waals surface area contributed by atoms with Crippen LogP contribution in [-0.2, 0) is 11.3 Å². The Labute approximate surface area is 179 Å². The molecule has 0 spiro atoms.